The third-order valence-electron chi connectivity index (χ3n) is 5.49. The van der Waals surface area contributed by atoms with Gasteiger partial charge in [-0.2, -0.15) is 5.10 Å². The molecule has 0 aliphatic carbocycles. The van der Waals surface area contributed by atoms with Crippen molar-refractivity contribution in [2.24, 2.45) is 12.1 Å². The minimum absolute atomic E-state index is 0.0158. The van der Waals surface area contributed by atoms with Gasteiger partial charge in [-0.05, 0) is 54.3 Å². The van der Waals surface area contributed by atoms with E-state index in [2.05, 4.69) is 15.8 Å². The monoisotopic (exact) mass is 533 g/mol. The van der Waals surface area contributed by atoms with Crippen molar-refractivity contribution in [1.82, 2.24) is 14.8 Å². The molecule has 38 heavy (non-hydrogen) atoms. The number of hydrogen-bond acceptors (Lipinski definition) is 8. The molecule has 11 nitrogen and oxygen atoms in total. The van der Waals surface area contributed by atoms with Crippen LogP contribution in [0.15, 0.2) is 75.9 Å². The minimum Gasteiger partial charge on any atom is -0.493 e. The summed E-state index contributed by atoms with van der Waals surface area (Å²) in [5, 5.41) is 7.92. The molecular weight excluding hydrogens is 510 g/mol. The van der Waals surface area contributed by atoms with Crippen molar-refractivity contribution in [3.8, 4) is 17.2 Å². The average Bonchev–Trinajstić information content (AvgIpc) is 3.53. The number of nitrogens with zero attached hydrogens (tertiary/aromatic N) is 3. The normalized spacial score (nSPS) is 10.8. The van der Waals surface area contributed by atoms with Crippen molar-refractivity contribution >= 4 is 41.0 Å². The number of aromatic nitrogens is 2. The number of carbonyl (C=O) groups is 3. The third kappa shape index (κ3) is 5.55. The van der Waals surface area contributed by atoms with Crippen LogP contribution < -0.4 is 25.8 Å². The first-order valence-electron chi connectivity index (χ1n) is 11.2. The molecule has 0 fully saturated rings. The lowest BCUT2D eigenvalue weighted by Gasteiger charge is -2.09. The Kier molecular flexibility index (Phi) is 7.83. The fourth-order valence-electron chi connectivity index (χ4n) is 3.49. The Bertz CT molecular complexity index is 1570. The molecular formula is C26H23N5O6S. The zero-order valence-corrected chi connectivity index (χ0v) is 21.4. The van der Waals surface area contributed by atoms with Gasteiger partial charge in [-0.1, -0.05) is 24.3 Å². The van der Waals surface area contributed by atoms with Gasteiger partial charge in [0.15, 0.2) is 11.5 Å². The first kappa shape index (κ1) is 26.1. The number of amides is 2. The molecule has 2 aromatic heterocycles. The topological polar surface area (TPSA) is 133 Å². The molecule has 0 bridgehead atoms. The Labute approximate surface area is 220 Å². The highest BCUT2D eigenvalue weighted by Gasteiger charge is 2.21. The molecule has 2 aromatic carbocycles. The van der Waals surface area contributed by atoms with Crippen LogP contribution >= 0.6 is 11.3 Å². The number of methoxy groups -OCH3 is 1. The summed E-state index contributed by atoms with van der Waals surface area (Å²) in [6.45, 7) is 1.65. The van der Waals surface area contributed by atoms with Crippen LogP contribution in [0.25, 0.3) is 5.69 Å². The van der Waals surface area contributed by atoms with Gasteiger partial charge in [0.25, 0.3) is 5.56 Å². The van der Waals surface area contributed by atoms with E-state index in [-0.39, 0.29) is 17.2 Å². The fraction of sp³-hybridized carbons (Fsp3) is 0.115. The van der Waals surface area contributed by atoms with Gasteiger partial charge in [-0.25, -0.2) is 14.9 Å². The quantitative estimate of drug-likeness (QED) is 0.123. The Balaban J connectivity index is 1.40. The summed E-state index contributed by atoms with van der Waals surface area (Å²) in [7, 11) is 3.09. The highest BCUT2D eigenvalue weighted by molar-refractivity contribution is 7.12. The smallest absolute Gasteiger partial charge is 0.353 e. The number of carbonyl (C=O) groups excluding carboxylic acids is 3. The number of esters is 1. The third-order valence-corrected chi connectivity index (χ3v) is 6.34. The van der Waals surface area contributed by atoms with Crippen molar-refractivity contribution in [2.45, 2.75) is 6.92 Å². The summed E-state index contributed by atoms with van der Waals surface area (Å²) in [5.74, 6) is -2.14. The van der Waals surface area contributed by atoms with Crippen LogP contribution in [0, 0.1) is 6.92 Å². The van der Waals surface area contributed by atoms with E-state index in [0.29, 0.717) is 21.8 Å². The zero-order chi connectivity index (χ0) is 27.2. The van der Waals surface area contributed by atoms with Gasteiger partial charge < -0.3 is 14.8 Å². The van der Waals surface area contributed by atoms with E-state index < -0.39 is 23.3 Å². The highest BCUT2D eigenvalue weighted by atomic mass is 32.1. The molecule has 0 atom stereocenters. The summed E-state index contributed by atoms with van der Waals surface area (Å²) in [5.41, 5.74) is 3.21. The average molecular weight is 534 g/mol. The maximum Gasteiger partial charge on any atom is 0.353 e. The molecule has 0 aliphatic rings. The number of para-hydroxylation sites is 1. The van der Waals surface area contributed by atoms with E-state index in [1.807, 2.05) is 6.07 Å². The van der Waals surface area contributed by atoms with Gasteiger partial charge in [-0.15, -0.1) is 11.3 Å². The molecule has 4 rings (SSSR count). The summed E-state index contributed by atoms with van der Waals surface area (Å²) in [4.78, 5) is 50.3. The second-order valence-corrected chi connectivity index (χ2v) is 8.81. The van der Waals surface area contributed by atoms with Crippen LogP contribution in [0.2, 0.25) is 0 Å². The highest BCUT2D eigenvalue weighted by Crippen LogP contribution is 2.28. The van der Waals surface area contributed by atoms with Crippen LogP contribution in [-0.2, 0) is 16.6 Å². The summed E-state index contributed by atoms with van der Waals surface area (Å²) in [6.07, 6.45) is 1.29. The molecule has 0 saturated carbocycles. The predicted octanol–water partition coefficient (Wildman–Crippen LogP) is 2.86. The van der Waals surface area contributed by atoms with Crippen LogP contribution in [0.4, 0.5) is 5.69 Å². The van der Waals surface area contributed by atoms with Crippen LogP contribution in [0.1, 0.15) is 20.9 Å². The summed E-state index contributed by atoms with van der Waals surface area (Å²) >= 11 is 1.26. The molecule has 2 N–H and O–H groups in total. The van der Waals surface area contributed by atoms with E-state index in [1.54, 1.807) is 72.6 Å². The number of ether oxygens (including phenoxy) is 2. The van der Waals surface area contributed by atoms with Gasteiger partial charge in [0.05, 0.1) is 24.7 Å². The van der Waals surface area contributed by atoms with E-state index in [0.717, 1.165) is 0 Å². The largest absolute Gasteiger partial charge is 0.493 e. The fourth-order valence-corrected chi connectivity index (χ4v) is 4.09. The van der Waals surface area contributed by atoms with E-state index in [1.165, 1.54) is 35.4 Å². The molecule has 0 spiro atoms. The van der Waals surface area contributed by atoms with Crippen molar-refractivity contribution < 1.29 is 23.9 Å². The van der Waals surface area contributed by atoms with Crippen LogP contribution in [-0.4, -0.2) is 40.5 Å². The Morgan fingerprint density at radius 1 is 1.00 bits per heavy atom. The number of rotatable bonds is 7. The number of anilines is 1. The molecule has 12 heteroatoms. The van der Waals surface area contributed by atoms with Gasteiger partial charge in [0.2, 0.25) is 0 Å². The van der Waals surface area contributed by atoms with Gasteiger partial charge in [0.1, 0.15) is 10.6 Å². The lowest BCUT2D eigenvalue weighted by atomic mass is 10.2. The molecule has 0 unspecified atom stereocenters. The maximum atomic E-state index is 12.9. The van der Waals surface area contributed by atoms with Crippen LogP contribution in [0.3, 0.4) is 0 Å². The summed E-state index contributed by atoms with van der Waals surface area (Å²) in [6, 6.07) is 17.0. The number of hydrogen-bond donors (Lipinski definition) is 2. The second-order valence-electron chi connectivity index (χ2n) is 7.87. The van der Waals surface area contributed by atoms with E-state index in [4.69, 9.17) is 9.47 Å². The lowest BCUT2D eigenvalue weighted by Crippen LogP contribution is -2.34. The van der Waals surface area contributed by atoms with Crippen LogP contribution in [0.5, 0.6) is 11.5 Å². The molecule has 4 aromatic rings. The predicted molar refractivity (Wildman–Crippen MR) is 142 cm³/mol. The molecule has 194 valence electrons. The number of thiophene rings is 1. The molecule has 0 radical (unpaired) electrons. The standard InChI is InChI=1S/C26H23N5O6S/c1-16-22(25(34)31(30(16)2)18-8-5-4-6-9-18)28-23(32)24(33)29-27-15-17-11-12-19(20(14-17)36-3)37-26(35)21-10-7-13-38-21/h4-15H,1-3H3,(H,28,32)(H,29,33). The van der Waals surface area contributed by atoms with E-state index >= 15 is 0 Å². The van der Waals surface area contributed by atoms with Gasteiger partial charge in [-0.3, -0.25) is 19.1 Å². The van der Waals surface area contributed by atoms with Crippen molar-refractivity contribution in [2.75, 3.05) is 12.4 Å². The Morgan fingerprint density at radius 3 is 2.45 bits per heavy atom. The Hall–Kier alpha value is -4.97. The minimum atomic E-state index is -1.07. The molecule has 2 heterocycles. The molecule has 0 aliphatic heterocycles. The molecule has 0 saturated heterocycles. The van der Waals surface area contributed by atoms with Crippen molar-refractivity contribution in [3.63, 3.8) is 0 Å². The van der Waals surface area contributed by atoms with Gasteiger partial charge >= 0.3 is 17.8 Å². The van der Waals surface area contributed by atoms with E-state index in [9.17, 15) is 19.2 Å². The van der Waals surface area contributed by atoms with Crippen molar-refractivity contribution in [1.29, 1.82) is 0 Å². The second kappa shape index (κ2) is 11.4. The lowest BCUT2D eigenvalue weighted by molar-refractivity contribution is -0.136. The zero-order valence-electron chi connectivity index (χ0n) is 20.6. The number of benzene rings is 2. The maximum absolute atomic E-state index is 12.9. The number of hydrazone groups is 1. The van der Waals surface area contributed by atoms with Gasteiger partial charge in [0, 0.05) is 7.05 Å². The first-order chi connectivity index (χ1) is 18.3. The van der Waals surface area contributed by atoms with Crippen molar-refractivity contribution in [3.05, 3.63) is 92.5 Å². The summed E-state index contributed by atoms with van der Waals surface area (Å²) < 4.78 is 13.6. The SMILES string of the molecule is COc1cc(C=NNC(=O)C(=O)Nc2c(C)n(C)n(-c3ccccc3)c2=O)ccc1OC(=O)c1cccs1. The number of nitrogens with one attached hydrogen (secondary N) is 2. The first-order valence-corrected chi connectivity index (χ1v) is 12.1. The Morgan fingerprint density at radius 2 is 1.76 bits per heavy atom. The molecule has 2 amide bonds.